The number of rotatable bonds is 8. The lowest BCUT2D eigenvalue weighted by molar-refractivity contribution is -0.114. The average molecular weight is 544 g/mol. The molecule has 3 aromatic carbocycles. The zero-order chi connectivity index (χ0) is 26.6. The number of amides is 1. The summed E-state index contributed by atoms with van der Waals surface area (Å²) in [5, 5.41) is 2.67. The first kappa shape index (κ1) is 26.8. The van der Waals surface area contributed by atoms with Crippen molar-refractivity contribution < 1.29 is 26.4 Å². The van der Waals surface area contributed by atoms with Crippen LogP contribution in [0.15, 0.2) is 82.6 Å². The zero-order valence-corrected chi connectivity index (χ0v) is 22.3. The normalized spacial score (nSPS) is 14.8. The van der Waals surface area contributed by atoms with Crippen molar-refractivity contribution in [1.29, 1.82) is 0 Å². The summed E-state index contributed by atoms with van der Waals surface area (Å²) in [4.78, 5) is 13.2. The molecule has 11 heteroatoms. The summed E-state index contributed by atoms with van der Waals surface area (Å²) in [6.07, 6.45) is 0. The standard InChI is InChI=1S/C26H29N3O6S2/c1-20-6-10-25(11-7-20)37(33,34)29(23-5-3-4-21(2)18-23)19-26(30)27-22-8-12-24(13-9-22)36(31,32)28-14-16-35-17-15-28/h3-13,18H,14-17,19H2,1-2H3,(H,27,30). The van der Waals surface area contributed by atoms with Crippen LogP contribution in [0.4, 0.5) is 11.4 Å². The number of nitrogens with zero attached hydrogens (tertiary/aromatic N) is 2. The third kappa shape index (κ3) is 6.19. The summed E-state index contributed by atoms with van der Waals surface area (Å²) in [7, 11) is -7.70. The molecule has 1 aliphatic rings. The van der Waals surface area contributed by atoms with E-state index in [1.165, 1.54) is 40.7 Å². The van der Waals surface area contributed by atoms with Gasteiger partial charge in [-0.1, -0.05) is 29.8 Å². The van der Waals surface area contributed by atoms with Crippen LogP contribution in [0.2, 0.25) is 0 Å². The van der Waals surface area contributed by atoms with Crippen molar-refractivity contribution in [1.82, 2.24) is 4.31 Å². The summed E-state index contributed by atoms with van der Waals surface area (Å²) in [5.41, 5.74) is 2.47. The Morgan fingerprint density at radius 3 is 2.11 bits per heavy atom. The number of ether oxygens (including phenoxy) is 1. The van der Waals surface area contributed by atoms with Gasteiger partial charge in [-0.15, -0.1) is 0 Å². The lowest BCUT2D eigenvalue weighted by atomic mass is 10.2. The molecule has 0 atom stereocenters. The highest BCUT2D eigenvalue weighted by Crippen LogP contribution is 2.25. The number of nitrogens with one attached hydrogen (secondary N) is 1. The highest BCUT2D eigenvalue weighted by molar-refractivity contribution is 7.92. The fourth-order valence-corrected chi connectivity index (χ4v) is 6.73. The summed E-state index contributed by atoms with van der Waals surface area (Å²) in [6.45, 7) is 4.49. The summed E-state index contributed by atoms with van der Waals surface area (Å²) in [6, 6.07) is 19.1. The molecule has 0 aromatic heterocycles. The van der Waals surface area contributed by atoms with Crippen LogP contribution in [0.1, 0.15) is 11.1 Å². The Morgan fingerprint density at radius 2 is 1.49 bits per heavy atom. The number of sulfonamides is 2. The van der Waals surface area contributed by atoms with E-state index in [0.29, 0.717) is 24.6 Å². The van der Waals surface area contributed by atoms with E-state index in [0.717, 1.165) is 15.4 Å². The molecule has 0 aliphatic carbocycles. The van der Waals surface area contributed by atoms with Crippen LogP contribution in [0.3, 0.4) is 0 Å². The number of benzene rings is 3. The van der Waals surface area contributed by atoms with Crippen molar-refractivity contribution in [2.45, 2.75) is 23.6 Å². The second-order valence-electron chi connectivity index (χ2n) is 8.75. The molecule has 0 unspecified atom stereocenters. The maximum atomic E-state index is 13.5. The average Bonchev–Trinajstić information content (AvgIpc) is 2.88. The summed E-state index contributed by atoms with van der Waals surface area (Å²) < 4.78 is 60.3. The van der Waals surface area contributed by atoms with Crippen molar-refractivity contribution in [2.24, 2.45) is 0 Å². The van der Waals surface area contributed by atoms with E-state index in [1.54, 1.807) is 30.3 Å². The van der Waals surface area contributed by atoms with E-state index < -0.39 is 32.5 Å². The van der Waals surface area contributed by atoms with Crippen LogP contribution in [0.25, 0.3) is 0 Å². The molecule has 0 spiro atoms. The van der Waals surface area contributed by atoms with Gasteiger partial charge >= 0.3 is 0 Å². The first-order valence-corrected chi connectivity index (χ1v) is 14.6. The molecule has 0 saturated carbocycles. The van der Waals surface area contributed by atoms with Gasteiger partial charge in [-0.05, 0) is 67.9 Å². The van der Waals surface area contributed by atoms with Gasteiger partial charge in [-0.3, -0.25) is 9.10 Å². The van der Waals surface area contributed by atoms with Gasteiger partial charge in [-0.25, -0.2) is 16.8 Å². The molecule has 37 heavy (non-hydrogen) atoms. The second kappa shape index (κ2) is 11.0. The number of hydrogen-bond acceptors (Lipinski definition) is 6. The molecule has 0 bridgehead atoms. The van der Waals surface area contributed by atoms with Gasteiger partial charge in [0, 0.05) is 18.8 Å². The van der Waals surface area contributed by atoms with E-state index in [1.807, 2.05) is 19.9 Å². The second-order valence-corrected chi connectivity index (χ2v) is 12.6. The summed E-state index contributed by atoms with van der Waals surface area (Å²) in [5.74, 6) is -0.569. The minimum atomic E-state index is -4.04. The predicted octanol–water partition coefficient (Wildman–Crippen LogP) is 3.16. The van der Waals surface area contributed by atoms with Crippen molar-refractivity contribution in [3.63, 3.8) is 0 Å². The van der Waals surface area contributed by atoms with Gasteiger partial charge in [0.2, 0.25) is 15.9 Å². The van der Waals surface area contributed by atoms with Crippen LogP contribution < -0.4 is 9.62 Å². The number of morpholine rings is 1. The minimum Gasteiger partial charge on any atom is -0.379 e. The number of hydrogen-bond donors (Lipinski definition) is 1. The highest BCUT2D eigenvalue weighted by atomic mass is 32.2. The van der Waals surface area contributed by atoms with E-state index in [2.05, 4.69) is 5.32 Å². The Morgan fingerprint density at radius 1 is 0.865 bits per heavy atom. The van der Waals surface area contributed by atoms with Crippen LogP contribution in [-0.2, 0) is 29.6 Å². The first-order valence-electron chi connectivity index (χ1n) is 11.7. The van der Waals surface area contributed by atoms with E-state index in [9.17, 15) is 21.6 Å². The lowest BCUT2D eigenvalue weighted by Gasteiger charge is -2.26. The Balaban J connectivity index is 1.54. The molecule has 1 fully saturated rings. The maximum Gasteiger partial charge on any atom is 0.264 e. The SMILES string of the molecule is Cc1ccc(S(=O)(=O)N(CC(=O)Nc2ccc(S(=O)(=O)N3CCOCC3)cc2)c2cccc(C)c2)cc1. The molecule has 196 valence electrons. The fraction of sp³-hybridized carbons (Fsp3) is 0.269. The molecule has 1 N–H and O–H groups in total. The van der Waals surface area contributed by atoms with Crippen molar-refractivity contribution in [3.05, 3.63) is 83.9 Å². The predicted molar refractivity (Wildman–Crippen MR) is 142 cm³/mol. The largest absolute Gasteiger partial charge is 0.379 e. The van der Waals surface area contributed by atoms with Crippen molar-refractivity contribution in [2.75, 3.05) is 42.5 Å². The quantitative estimate of drug-likeness (QED) is 0.467. The Hall–Kier alpha value is -3.25. The fourth-order valence-electron chi connectivity index (χ4n) is 3.91. The van der Waals surface area contributed by atoms with Crippen LogP contribution in [-0.4, -0.2) is 59.9 Å². The molecular formula is C26H29N3O6S2. The number of carbonyl (C=O) groups is 1. The monoisotopic (exact) mass is 543 g/mol. The smallest absolute Gasteiger partial charge is 0.264 e. The zero-order valence-electron chi connectivity index (χ0n) is 20.6. The number of anilines is 2. The Labute approximate surface area is 217 Å². The molecule has 3 aromatic rings. The third-order valence-corrected chi connectivity index (χ3v) is 9.63. The van der Waals surface area contributed by atoms with E-state index >= 15 is 0 Å². The van der Waals surface area contributed by atoms with Gasteiger partial charge in [0.25, 0.3) is 10.0 Å². The number of aryl methyl sites for hydroxylation is 2. The first-order chi connectivity index (χ1) is 17.6. The minimum absolute atomic E-state index is 0.0741. The van der Waals surface area contributed by atoms with Crippen LogP contribution >= 0.6 is 0 Å². The van der Waals surface area contributed by atoms with E-state index in [-0.39, 0.29) is 22.9 Å². The molecule has 1 aliphatic heterocycles. The van der Waals surface area contributed by atoms with Gasteiger partial charge in [0.1, 0.15) is 6.54 Å². The molecule has 1 amide bonds. The summed E-state index contributed by atoms with van der Waals surface area (Å²) >= 11 is 0. The molecular weight excluding hydrogens is 514 g/mol. The van der Waals surface area contributed by atoms with Crippen LogP contribution in [0, 0.1) is 13.8 Å². The molecule has 4 rings (SSSR count). The lowest BCUT2D eigenvalue weighted by Crippen LogP contribution is -2.40. The third-order valence-electron chi connectivity index (χ3n) is 5.93. The Kier molecular flexibility index (Phi) is 7.98. The van der Waals surface area contributed by atoms with E-state index in [4.69, 9.17) is 4.74 Å². The maximum absolute atomic E-state index is 13.5. The van der Waals surface area contributed by atoms with Crippen LogP contribution in [0.5, 0.6) is 0 Å². The molecule has 9 nitrogen and oxygen atoms in total. The van der Waals surface area contributed by atoms with Gasteiger partial charge in [-0.2, -0.15) is 4.31 Å². The molecule has 1 saturated heterocycles. The van der Waals surface area contributed by atoms with Gasteiger partial charge in [0.15, 0.2) is 0 Å². The van der Waals surface area contributed by atoms with Gasteiger partial charge < -0.3 is 10.1 Å². The number of carbonyl (C=O) groups excluding carboxylic acids is 1. The Bertz CT molecular complexity index is 1470. The topological polar surface area (TPSA) is 113 Å². The highest BCUT2D eigenvalue weighted by Gasteiger charge is 2.28. The molecule has 0 radical (unpaired) electrons. The van der Waals surface area contributed by atoms with Crippen molar-refractivity contribution in [3.8, 4) is 0 Å². The molecule has 1 heterocycles. The van der Waals surface area contributed by atoms with Crippen molar-refractivity contribution >= 4 is 37.3 Å². The van der Waals surface area contributed by atoms with Gasteiger partial charge in [0.05, 0.1) is 28.7 Å².